The Balaban J connectivity index is 2.07. The van der Waals surface area contributed by atoms with Gasteiger partial charge in [-0.3, -0.25) is 9.59 Å². The number of amides is 2. The van der Waals surface area contributed by atoms with Crippen LogP contribution in [0.25, 0.3) is 0 Å². The first kappa shape index (κ1) is 21.3. The maximum absolute atomic E-state index is 12.9. The molecule has 0 saturated heterocycles. The molecule has 6 nitrogen and oxygen atoms in total. The lowest BCUT2D eigenvalue weighted by atomic mass is 10.2. The van der Waals surface area contributed by atoms with Crippen LogP contribution in [-0.2, 0) is 4.79 Å². The zero-order valence-corrected chi connectivity index (χ0v) is 17.7. The molecule has 146 valence electrons. The number of halogens is 1. The molecule has 0 fully saturated rings. The number of nitrogens with one attached hydrogen (secondary N) is 1. The van der Waals surface area contributed by atoms with Crippen molar-refractivity contribution < 1.29 is 9.59 Å². The van der Waals surface area contributed by atoms with Gasteiger partial charge in [-0.2, -0.15) is 0 Å². The van der Waals surface area contributed by atoms with Gasteiger partial charge in [0.2, 0.25) is 5.91 Å². The molecule has 0 saturated carbocycles. The highest BCUT2D eigenvalue weighted by atomic mass is 35.5. The summed E-state index contributed by atoms with van der Waals surface area (Å²) in [6.45, 7) is 5.16. The molecule has 2 amide bonds. The Morgan fingerprint density at radius 3 is 2.37 bits per heavy atom. The molecule has 0 bridgehead atoms. The van der Waals surface area contributed by atoms with Crippen LogP contribution >= 0.6 is 22.9 Å². The summed E-state index contributed by atoms with van der Waals surface area (Å²) in [5, 5.41) is 3.92. The van der Waals surface area contributed by atoms with Crippen LogP contribution in [0.2, 0.25) is 5.02 Å². The standard InChI is InChI=1S/C19H25ClN4O2S/c1-13-14(2)27-19(21-13)22-17(25)12-24(11-5-10-23(3)4)18(26)15-6-8-16(20)9-7-15/h6-9H,5,10-12H2,1-4H3,(H,21,22,25). The van der Waals surface area contributed by atoms with Gasteiger partial charge in [0.1, 0.15) is 6.54 Å². The molecule has 1 heterocycles. The lowest BCUT2D eigenvalue weighted by molar-refractivity contribution is -0.116. The Kier molecular flexibility index (Phi) is 7.77. The number of hydrogen-bond acceptors (Lipinski definition) is 5. The van der Waals surface area contributed by atoms with E-state index in [1.165, 1.54) is 11.3 Å². The Hall–Kier alpha value is -1.96. The normalized spacial score (nSPS) is 10.9. The number of aryl methyl sites for hydroxylation is 2. The van der Waals surface area contributed by atoms with E-state index in [1.807, 2.05) is 32.8 Å². The van der Waals surface area contributed by atoms with Crippen molar-refractivity contribution in [3.63, 3.8) is 0 Å². The Morgan fingerprint density at radius 2 is 1.81 bits per heavy atom. The molecule has 1 aromatic carbocycles. The van der Waals surface area contributed by atoms with Gasteiger partial charge in [-0.15, -0.1) is 11.3 Å². The number of hydrogen-bond donors (Lipinski definition) is 1. The molecule has 0 unspecified atom stereocenters. The fraction of sp³-hybridized carbons (Fsp3) is 0.421. The zero-order valence-electron chi connectivity index (χ0n) is 16.1. The number of carbonyl (C=O) groups excluding carboxylic acids is 2. The lowest BCUT2D eigenvalue weighted by Gasteiger charge is -2.23. The number of anilines is 1. The van der Waals surface area contributed by atoms with E-state index in [2.05, 4.69) is 10.3 Å². The largest absolute Gasteiger partial charge is 0.329 e. The number of rotatable bonds is 8. The average Bonchev–Trinajstić information content (AvgIpc) is 2.91. The van der Waals surface area contributed by atoms with Crippen molar-refractivity contribution in [2.45, 2.75) is 20.3 Å². The zero-order chi connectivity index (χ0) is 20.0. The van der Waals surface area contributed by atoms with Crippen LogP contribution in [0.3, 0.4) is 0 Å². The molecule has 1 aromatic heterocycles. The summed E-state index contributed by atoms with van der Waals surface area (Å²) in [4.78, 5) is 34.3. The number of aromatic nitrogens is 1. The monoisotopic (exact) mass is 408 g/mol. The molecular weight excluding hydrogens is 384 g/mol. The van der Waals surface area contributed by atoms with Crippen molar-refractivity contribution in [1.82, 2.24) is 14.8 Å². The lowest BCUT2D eigenvalue weighted by Crippen LogP contribution is -2.39. The Labute approximate surface area is 169 Å². The van der Waals surface area contributed by atoms with Gasteiger partial charge in [-0.1, -0.05) is 11.6 Å². The van der Waals surface area contributed by atoms with Crippen LogP contribution in [0, 0.1) is 13.8 Å². The molecule has 0 aliphatic carbocycles. The molecule has 0 aliphatic rings. The van der Waals surface area contributed by atoms with Gasteiger partial charge in [0.25, 0.3) is 5.91 Å². The molecule has 0 radical (unpaired) electrons. The molecule has 2 aromatic rings. The van der Waals surface area contributed by atoms with Crippen molar-refractivity contribution in [3.8, 4) is 0 Å². The topological polar surface area (TPSA) is 65.5 Å². The van der Waals surface area contributed by atoms with Crippen molar-refractivity contribution in [2.75, 3.05) is 39.0 Å². The fourth-order valence-corrected chi connectivity index (χ4v) is 3.42. The van der Waals surface area contributed by atoms with Crippen LogP contribution in [0.4, 0.5) is 5.13 Å². The number of thiazole rings is 1. The summed E-state index contributed by atoms with van der Waals surface area (Å²) >= 11 is 7.33. The van der Waals surface area contributed by atoms with Gasteiger partial charge in [0.15, 0.2) is 5.13 Å². The van der Waals surface area contributed by atoms with E-state index in [0.717, 1.165) is 23.5 Å². The van der Waals surface area contributed by atoms with Gasteiger partial charge >= 0.3 is 0 Å². The Bertz CT molecular complexity index is 770. The van der Waals surface area contributed by atoms with Crippen LogP contribution in [0.1, 0.15) is 27.3 Å². The van der Waals surface area contributed by atoms with Crippen LogP contribution in [0.15, 0.2) is 24.3 Å². The first-order valence-corrected chi connectivity index (χ1v) is 9.89. The fourth-order valence-electron chi connectivity index (χ4n) is 2.46. The van der Waals surface area contributed by atoms with E-state index in [0.29, 0.717) is 22.3 Å². The summed E-state index contributed by atoms with van der Waals surface area (Å²) < 4.78 is 0. The number of carbonyl (C=O) groups is 2. The molecule has 27 heavy (non-hydrogen) atoms. The first-order valence-electron chi connectivity index (χ1n) is 8.69. The van der Waals surface area contributed by atoms with Gasteiger partial charge in [-0.25, -0.2) is 4.98 Å². The van der Waals surface area contributed by atoms with E-state index < -0.39 is 0 Å². The minimum Gasteiger partial charge on any atom is -0.329 e. The van der Waals surface area contributed by atoms with E-state index >= 15 is 0 Å². The van der Waals surface area contributed by atoms with E-state index in [9.17, 15) is 9.59 Å². The highest BCUT2D eigenvalue weighted by molar-refractivity contribution is 7.15. The predicted octanol–water partition coefficient (Wildman–Crippen LogP) is 3.45. The SMILES string of the molecule is Cc1nc(NC(=O)CN(CCCN(C)C)C(=O)c2ccc(Cl)cc2)sc1C. The van der Waals surface area contributed by atoms with Gasteiger partial charge in [-0.05, 0) is 65.2 Å². The Morgan fingerprint density at radius 1 is 1.15 bits per heavy atom. The van der Waals surface area contributed by atoms with Crippen LogP contribution < -0.4 is 5.32 Å². The van der Waals surface area contributed by atoms with Crippen LogP contribution in [-0.4, -0.2) is 60.3 Å². The minimum absolute atomic E-state index is 0.0213. The van der Waals surface area contributed by atoms with Crippen LogP contribution in [0.5, 0.6) is 0 Å². The molecule has 0 atom stereocenters. The smallest absolute Gasteiger partial charge is 0.254 e. The van der Waals surface area contributed by atoms with Crippen molar-refractivity contribution in [3.05, 3.63) is 45.4 Å². The second kappa shape index (κ2) is 9.82. The van der Waals surface area contributed by atoms with Crippen molar-refractivity contribution in [1.29, 1.82) is 0 Å². The first-order chi connectivity index (χ1) is 12.8. The van der Waals surface area contributed by atoms with Gasteiger partial charge < -0.3 is 15.1 Å². The third-order valence-corrected chi connectivity index (χ3v) is 5.26. The number of nitrogens with zero attached hydrogens (tertiary/aromatic N) is 3. The van der Waals surface area contributed by atoms with Crippen molar-refractivity contribution in [2.24, 2.45) is 0 Å². The van der Waals surface area contributed by atoms with Gasteiger partial charge in [0, 0.05) is 22.0 Å². The van der Waals surface area contributed by atoms with E-state index in [4.69, 9.17) is 11.6 Å². The molecule has 2 rings (SSSR count). The van der Waals surface area contributed by atoms with Crippen molar-refractivity contribution >= 4 is 39.9 Å². The minimum atomic E-state index is -0.254. The average molecular weight is 409 g/mol. The molecule has 0 aliphatic heterocycles. The maximum atomic E-state index is 12.9. The summed E-state index contributed by atoms with van der Waals surface area (Å²) in [7, 11) is 3.95. The molecular formula is C19H25ClN4O2S. The summed E-state index contributed by atoms with van der Waals surface area (Å²) in [5.74, 6) is -0.442. The molecule has 8 heteroatoms. The van der Waals surface area contributed by atoms with Gasteiger partial charge in [0.05, 0.1) is 5.69 Å². The summed E-state index contributed by atoms with van der Waals surface area (Å²) in [6, 6.07) is 6.70. The summed E-state index contributed by atoms with van der Waals surface area (Å²) in [5.41, 5.74) is 1.41. The second-order valence-electron chi connectivity index (χ2n) is 6.60. The van der Waals surface area contributed by atoms with E-state index in [-0.39, 0.29) is 18.4 Å². The predicted molar refractivity (Wildman–Crippen MR) is 111 cm³/mol. The number of benzene rings is 1. The van der Waals surface area contributed by atoms with E-state index in [1.54, 1.807) is 29.2 Å². The molecule has 1 N–H and O–H groups in total. The molecule has 0 spiro atoms. The quantitative estimate of drug-likeness (QED) is 0.726. The second-order valence-corrected chi connectivity index (χ2v) is 8.24. The highest BCUT2D eigenvalue weighted by Gasteiger charge is 2.19. The maximum Gasteiger partial charge on any atom is 0.254 e. The highest BCUT2D eigenvalue weighted by Crippen LogP contribution is 2.21. The summed E-state index contributed by atoms with van der Waals surface area (Å²) in [6.07, 6.45) is 0.773. The third kappa shape index (κ3) is 6.61. The third-order valence-electron chi connectivity index (χ3n) is 4.02.